The van der Waals surface area contributed by atoms with Crippen molar-refractivity contribution < 1.29 is 9.47 Å². The third-order valence-corrected chi connectivity index (χ3v) is 1.80. The van der Waals surface area contributed by atoms with Crippen LogP contribution in [0.2, 0.25) is 0 Å². The predicted molar refractivity (Wildman–Crippen MR) is 52.3 cm³/mol. The minimum absolute atomic E-state index is 0.0870. The summed E-state index contributed by atoms with van der Waals surface area (Å²) >= 11 is 2.02. The number of hydrogen-bond donors (Lipinski definition) is 1. The molecule has 1 N–H and O–H groups in total. The van der Waals surface area contributed by atoms with E-state index in [0.717, 1.165) is 3.70 Å². The number of aromatic amines is 1. The largest absolute Gasteiger partial charge is 0.462 e. The highest BCUT2D eigenvalue weighted by Crippen LogP contribution is 2.04. The van der Waals surface area contributed by atoms with Crippen LogP contribution in [-0.2, 0) is 4.74 Å². The van der Waals surface area contributed by atoms with Crippen LogP contribution in [0, 0.1) is 3.70 Å². The van der Waals surface area contributed by atoms with Crippen LogP contribution >= 0.6 is 22.6 Å². The molecular weight excluding hydrogens is 273 g/mol. The number of nitrogens with one attached hydrogen (secondary N) is 1. The first kappa shape index (κ1) is 9.53. The highest BCUT2D eigenvalue weighted by atomic mass is 127. The van der Waals surface area contributed by atoms with Crippen molar-refractivity contribution in [3.63, 3.8) is 0 Å². The molecule has 1 aromatic heterocycles. The van der Waals surface area contributed by atoms with Gasteiger partial charge in [-0.15, -0.1) is 0 Å². The van der Waals surface area contributed by atoms with Gasteiger partial charge in [-0.25, -0.2) is 0 Å². The van der Waals surface area contributed by atoms with E-state index in [4.69, 9.17) is 4.74 Å². The lowest BCUT2D eigenvalue weighted by Gasteiger charge is -2.02. The molecule has 1 rings (SSSR count). The molecule has 0 aliphatic carbocycles. The fourth-order valence-electron chi connectivity index (χ4n) is 0.672. The van der Waals surface area contributed by atoms with Crippen LogP contribution in [0.3, 0.4) is 0 Å². The number of rotatable bonds is 3. The summed E-state index contributed by atoms with van der Waals surface area (Å²) in [4.78, 5) is 13.7. The molecule has 0 bridgehead atoms. The maximum absolute atomic E-state index is 11.1. The van der Waals surface area contributed by atoms with Crippen LogP contribution in [0.25, 0.3) is 0 Å². The van der Waals surface area contributed by atoms with Crippen molar-refractivity contribution in [3.8, 4) is 5.75 Å². The molecule has 0 fully saturated rings. The number of methoxy groups -OCH3 is 1. The van der Waals surface area contributed by atoms with Crippen LogP contribution < -0.4 is 10.3 Å². The van der Waals surface area contributed by atoms with Gasteiger partial charge in [0.05, 0.1) is 3.70 Å². The van der Waals surface area contributed by atoms with E-state index in [2.05, 4.69) is 9.72 Å². The van der Waals surface area contributed by atoms with Crippen LogP contribution in [0.1, 0.15) is 0 Å². The Labute approximate surface area is 83.0 Å². The SMILES string of the molecule is COCOc1ccc(I)[nH]c1=O. The Morgan fingerprint density at radius 2 is 2.33 bits per heavy atom. The van der Waals surface area contributed by atoms with E-state index in [0.29, 0.717) is 0 Å². The van der Waals surface area contributed by atoms with Gasteiger partial charge in [-0.05, 0) is 34.7 Å². The summed E-state index contributed by atoms with van der Waals surface area (Å²) < 4.78 is 10.4. The van der Waals surface area contributed by atoms with Gasteiger partial charge >= 0.3 is 0 Å². The lowest BCUT2D eigenvalue weighted by molar-refractivity contribution is 0.0500. The van der Waals surface area contributed by atoms with Gasteiger partial charge in [0.2, 0.25) is 0 Å². The van der Waals surface area contributed by atoms with Crippen molar-refractivity contribution >= 4 is 22.6 Å². The number of pyridine rings is 1. The summed E-state index contributed by atoms with van der Waals surface area (Å²) in [6.45, 7) is 0.0870. The zero-order valence-corrected chi connectivity index (χ0v) is 8.62. The van der Waals surface area contributed by atoms with E-state index in [-0.39, 0.29) is 18.1 Å². The van der Waals surface area contributed by atoms with Gasteiger partial charge in [0, 0.05) is 7.11 Å². The highest BCUT2D eigenvalue weighted by Gasteiger charge is 1.99. The molecule has 0 saturated carbocycles. The van der Waals surface area contributed by atoms with Crippen molar-refractivity contribution in [3.05, 3.63) is 26.2 Å². The number of H-pyrrole nitrogens is 1. The van der Waals surface area contributed by atoms with E-state index in [1.165, 1.54) is 7.11 Å². The first-order valence-corrected chi connectivity index (χ1v) is 4.32. The molecule has 5 heteroatoms. The summed E-state index contributed by atoms with van der Waals surface area (Å²) in [5.74, 6) is 0.275. The summed E-state index contributed by atoms with van der Waals surface area (Å²) in [7, 11) is 1.50. The molecule has 0 atom stereocenters. The molecule has 0 aliphatic rings. The van der Waals surface area contributed by atoms with E-state index >= 15 is 0 Å². The molecule has 66 valence electrons. The van der Waals surface area contributed by atoms with Crippen LogP contribution in [0.5, 0.6) is 5.75 Å². The number of halogens is 1. The molecule has 0 radical (unpaired) electrons. The molecule has 0 aliphatic heterocycles. The predicted octanol–water partition coefficient (Wildman–Crippen LogP) is 0.962. The molecule has 4 nitrogen and oxygen atoms in total. The summed E-state index contributed by atoms with van der Waals surface area (Å²) in [6.07, 6.45) is 0. The zero-order valence-electron chi connectivity index (χ0n) is 6.46. The standard InChI is InChI=1S/C7H8INO3/c1-11-4-12-5-2-3-6(8)9-7(5)10/h2-3H,4H2,1H3,(H,9,10). The first-order chi connectivity index (χ1) is 5.74. The highest BCUT2D eigenvalue weighted by molar-refractivity contribution is 14.1. The van der Waals surface area contributed by atoms with Gasteiger partial charge in [0.1, 0.15) is 0 Å². The molecule has 12 heavy (non-hydrogen) atoms. The van der Waals surface area contributed by atoms with E-state index < -0.39 is 0 Å². The fourth-order valence-corrected chi connectivity index (χ4v) is 1.10. The first-order valence-electron chi connectivity index (χ1n) is 3.24. The summed E-state index contributed by atoms with van der Waals surface area (Å²) in [5.41, 5.74) is -0.237. The van der Waals surface area contributed by atoms with Crippen molar-refractivity contribution in [2.75, 3.05) is 13.9 Å². The smallest absolute Gasteiger partial charge is 0.291 e. The number of hydrogen-bond acceptors (Lipinski definition) is 3. The Morgan fingerprint density at radius 1 is 1.58 bits per heavy atom. The van der Waals surface area contributed by atoms with E-state index in [1.54, 1.807) is 12.1 Å². The van der Waals surface area contributed by atoms with Crippen molar-refractivity contribution in [2.45, 2.75) is 0 Å². The van der Waals surface area contributed by atoms with Crippen molar-refractivity contribution in [1.29, 1.82) is 0 Å². The second kappa shape index (κ2) is 4.46. The molecule has 0 unspecified atom stereocenters. The molecule has 1 heterocycles. The van der Waals surface area contributed by atoms with Gasteiger partial charge in [0.15, 0.2) is 12.5 Å². The Balaban J connectivity index is 2.80. The van der Waals surface area contributed by atoms with E-state index in [9.17, 15) is 4.79 Å². The summed E-state index contributed by atoms with van der Waals surface area (Å²) in [5, 5.41) is 0. The van der Waals surface area contributed by atoms with Gasteiger partial charge < -0.3 is 14.5 Å². The lowest BCUT2D eigenvalue weighted by Crippen LogP contribution is -2.12. The average molecular weight is 281 g/mol. The molecule has 0 spiro atoms. The molecule has 0 saturated heterocycles. The molecule has 1 aromatic rings. The molecule has 0 amide bonds. The van der Waals surface area contributed by atoms with Crippen LogP contribution in [0.4, 0.5) is 0 Å². The maximum atomic E-state index is 11.1. The minimum atomic E-state index is -0.237. The van der Waals surface area contributed by atoms with Gasteiger partial charge in [-0.1, -0.05) is 0 Å². The van der Waals surface area contributed by atoms with E-state index in [1.807, 2.05) is 22.6 Å². The summed E-state index contributed by atoms with van der Waals surface area (Å²) in [6, 6.07) is 3.37. The maximum Gasteiger partial charge on any atom is 0.291 e. The second-order valence-electron chi connectivity index (χ2n) is 2.05. The van der Waals surface area contributed by atoms with Gasteiger partial charge in [-0.3, -0.25) is 4.79 Å². The average Bonchev–Trinajstić information content (AvgIpc) is 2.03. The lowest BCUT2D eigenvalue weighted by atomic mass is 10.5. The minimum Gasteiger partial charge on any atom is -0.462 e. The Hall–Kier alpha value is -0.560. The topological polar surface area (TPSA) is 51.3 Å². The molecule has 0 aromatic carbocycles. The zero-order chi connectivity index (χ0) is 8.97. The third kappa shape index (κ3) is 2.49. The normalized spacial score (nSPS) is 9.83. The Morgan fingerprint density at radius 3 is 2.92 bits per heavy atom. The number of aromatic nitrogens is 1. The van der Waals surface area contributed by atoms with Crippen LogP contribution in [0.15, 0.2) is 16.9 Å². The van der Waals surface area contributed by atoms with Crippen molar-refractivity contribution in [2.24, 2.45) is 0 Å². The quantitative estimate of drug-likeness (QED) is 0.510. The van der Waals surface area contributed by atoms with Crippen LogP contribution in [-0.4, -0.2) is 18.9 Å². The number of ether oxygens (including phenoxy) is 2. The van der Waals surface area contributed by atoms with Gasteiger partial charge in [-0.2, -0.15) is 0 Å². The van der Waals surface area contributed by atoms with Gasteiger partial charge in [0.25, 0.3) is 5.56 Å². The van der Waals surface area contributed by atoms with Crippen molar-refractivity contribution in [1.82, 2.24) is 4.98 Å². The fraction of sp³-hybridized carbons (Fsp3) is 0.286. The Kier molecular flexibility index (Phi) is 3.54. The second-order valence-corrected chi connectivity index (χ2v) is 3.21. The monoisotopic (exact) mass is 281 g/mol. The third-order valence-electron chi connectivity index (χ3n) is 1.17. The Bertz CT molecular complexity index is 310. The molecular formula is C7H8INO3.